The summed E-state index contributed by atoms with van der Waals surface area (Å²) >= 11 is 0. The van der Waals surface area contributed by atoms with Gasteiger partial charge in [-0.15, -0.1) is 0 Å². The molecule has 0 radical (unpaired) electrons. The largest absolute Gasteiger partial charge is 0.0616 e. The average molecular weight is 837 g/mol. The molecule has 0 saturated carbocycles. The Balaban J connectivity index is 1.31. The van der Waals surface area contributed by atoms with E-state index >= 15 is 0 Å². The Bertz CT molecular complexity index is 3050. The van der Waals surface area contributed by atoms with Crippen molar-refractivity contribution >= 4 is 32.3 Å². The van der Waals surface area contributed by atoms with Gasteiger partial charge in [0.25, 0.3) is 0 Å². The van der Waals surface area contributed by atoms with Crippen molar-refractivity contribution in [2.24, 2.45) is 0 Å². The van der Waals surface area contributed by atoms with Gasteiger partial charge in [-0.3, -0.25) is 0 Å². The minimum Gasteiger partial charge on any atom is -0.0616 e. The molecule has 0 spiro atoms. The summed E-state index contributed by atoms with van der Waals surface area (Å²) in [5.74, 6) is 0. The van der Waals surface area contributed by atoms with Crippen LogP contribution in [0, 0.1) is 0 Å². The molecule has 2 aliphatic rings. The zero-order valence-electron chi connectivity index (χ0n) is 41.5. The molecule has 0 aliphatic heterocycles. The van der Waals surface area contributed by atoms with E-state index in [-0.39, 0.29) is 32.5 Å². The molecule has 0 heteroatoms. The highest BCUT2D eigenvalue weighted by molar-refractivity contribution is 6.25. The number of hydrogen-bond acceptors (Lipinski definition) is 0. The first kappa shape index (κ1) is 42.5. The molecule has 0 amide bonds. The van der Waals surface area contributed by atoms with Crippen molar-refractivity contribution in [1.29, 1.82) is 0 Å². The third-order valence-corrected chi connectivity index (χ3v) is 15.5. The van der Waals surface area contributed by atoms with E-state index in [1.165, 1.54) is 121 Å². The van der Waals surface area contributed by atoms with Gasteiger partial charge in [-0.1, -0.05) is 208 Å². The van der Waals surface area contributed by atoms with Crippen molar-refractivity contribution in [2.75, 3.05) is 0 Å². The zero-order valence-corrected chi connectivity index (χ0v) is 41.5. The minimum atomic E-state index is -0.139. The van der Waals surface area contributed by atoms with Crippen LogP contribution in [0.4, 0.5) is 0 Å². The van der Waals surface area contributed by atoms with Crippen molar-refractivity contribution in [1.82, 2.24) is 0 Å². The second-order valence-corrected chi connectivity index (χ2v) is 24.7. The second kappa shape index (κ2) is 13.5. The Morgan fingerprint density at radius 1 is 0.266 bits per heavy atom. The Labute approximate surface area is 384 Å². The zero-order chi connectivity index (χ0) is 45.8. The molecule has 10 rings (SSSR count). The maximum atomic E-state index is 2.56. The molecule has 2 aliphatic carbocycles. The highest BCUT2D eigenvalue weighted by Crippen LogP contribution is 2.58. The summed E-state index contributed by atoms with van der Waals surface area (Å²) in [6.45, 7) is 38.0. The first-order valence-corrected chi connectivity index (χ1v) is 23.8. The number of benzene rings is 8. The van der Waals surface area contributed by atoms with Crippen LogP contribution in [-0.4, -0.2) is 0 Å². The van der Waals surface area contributed by atoms with Gasteiger partial charge in [0.05, 0.1) is 0 Å². The van der Waals surface area contributed by atoms with Gasteiger partial charge in [-0.25, -0.2) is 0 Å². The summed E-state index contributed by atoms with van der Waals surface area (Å²) in [7, 11) is 0. The molecule has 0 fully saturated rings. The van der Waals surface area contributed by atoms with Crippen LogP contribution in [0.5, 0.6) is 0 Å². The standard InChI is InChI=1S/C64H68/c1-59(2,3)37-25-27-45-53(31-37)63(13,14)55-33-39(61(7,8)9)29-51(57(45)55)49-35-47-42-22-18-20-24-44(42)50(36-48(47)41-21-17-19-23-43(41)49)52-30-40(62(10,11)12)34-56-58(52)46-28-26-38(60(4,5)6)32-54(46)64(56,15)16/h17-36H,1-16H3. The molecule has 8 aromatic carbocycles. The van der Waals surface area contributed by atoms with E-state index in [0.29, 0.717) is 0 Å². The predicted molar refractivity (Wildman–Crippen MR) is 280 cm³/mol. The van der Waals surface area contributed by atoms with E-state index in [4.69, 9.17) is 0 Å². The van der Waals surface area contributed by atoms with Crippen LogP contribution < -0.4 is 0 Å². The summed E-state index contributed by atoms with van der Waals surface area (Å²) in [6, 6.07) is 48.4. The molecule has 0 saturated heterocycles. The summed E-state index contributed by atoms with van der Waals surface area (Å²) in [6.07, 6.45) is 0. The fourth-order valence-corrected chi connectivity index (χ4v) is 11.3. The highest BCUT2D eigenvalue weighted by atomic mass is 14.4. The molecule has 64 heavy (non-hydrogen) atoms. The first-order chi connectivity index (χ1) is 29.8. The van der Waals surface area contributed by atoms with Crippen LogP contribution in [0.1, 0.15) is 155 Å². The van der Waals surface area contributed by atoms with Crippen molar-refractivity contribution in [3.63, 3.8) is 0 Å². The summed E-state index contributed by atoms with van der Waals surface area (Å²) in [5, 5.41) is 7.83. The lowest BCUT2D eigenvalue weighted by atomic mass is 9.76. The van der Waals surface area contributed by atoms with Crippen molar-refractivity contribution in [2.45, 2.75) is 143 Å². The van der Waals surface area contributed by atoms with Crippen molar-refractivity contribution in [3.8, 4) is 44.5 Å². The van der Waals surface area contributed by atoms with Crippen LogP contribution in [0.25, 0.3) is 76.8 Å². The lowest BCUT2D eigenvalue weighted by molar-refractivity contribution is 0.579. The molecular formula is C64H68. The van der Waals surface area contributed by atoms with Gasteiger partial charge in [-0.2, -0.15) is 0 Å². The second-order valence-electron chi connectivity index (χ2n) is 24.7. The molecule has 8 aromatic rings. The van der Waals surface area contributed by atoms with Crippen LogP contribution in [0.15, 0.2) is 121 Å². The molecule has 0 atom stereocenters. The van der Waals surface area contributed by atoms with E-state index in [9.17, 15) is 0 Å². The maximum absolute atomic E-state index is 2.56. The molecular weight excluding hydrogens is 769 g/mol. The highest BCUT2D eigenvalue weighted by Gasteiger charge is 2.41. The van der Waals surface area contributed by atoms with Gasteiger partial charge in [0, 0.05) is 10.8 Å². The summed E-state index contributed by atoms with van der Waals surface area (Å²) in [4.78, 5) is 0. The molecule has 0 unspecified atom stereocenters. The van der Waals surface area contributed by atoms with Crippen LogP contribution in [0.3, 0.4) is 0 Å². The summed E-state index contributed by atoms with van der Waals surface area (Å²) < 4.78 is 0. The van der Waals surface area contributed by atoms with Crippen LogP contribution >= 0.6 is 0 Å². The Morgan fingerprint density at radius 2 is 0.578 bits per heavy atom. The monoisotopic (exact) mass is 837 g/mol. The normalized spacial score (nSPS) is 15.4. The van der Waals surface area contributed by atoms with Crippen LogP contribution in [-0.2, 0) is 32.5 Å². The topological polar surface area (TPSA) is 0 Å². The quantitative estimate of drug-likeness (QED) is 0.152. The van der Waals surface area contributed by atoms with E-state index in [2.05, 4.69) is 232 Å². The van der Waals surface area contributed by atoms with E-state index in [1.807, 2.05) is 0 Å². The Hall–Kier alpha value is -5.46. The molecule has 0 nitrogen and oxygen atoms in total. The molecule has 0 heterocycles. The fraction of sp³-hybridized carbons (Fsp3) is 0.344. The first-order valence-electron chi connectivity index (χ1n) is 23.8. The minimum absolute atomic E-state index is 0.0250. The Morgan fingerprint density at radius 3 is 0.906 bits per heavy atom. The molecule has 0 bridgehead atoms. The smallest absolute Gasteiger partial charge is 0.0159 e. The summed E-state index contributed by atoms with van der Waals surface area (Å²) in [5.41, 5.74) is 21.9. The number of hydrogen-bond donors (Lipinski definition) is 0. The van der Waals surface area contributed by atoms with E-state index < -0.39 is 0 Å². The Kier molecular flexibility index (Phi) is 8.99. The molecule has 324 valence electrons. The fourth-order valence-electron chi connectivity index (χ4n) is 11.3. The van der Waals surface area contributed by atoms with E-state index in [0.717, 1.165) is 0 Å². The third kappa shape index (κ3) is 6.29. The molecule has 0 N–H and O–H groups in total. The van der Waals surface area contributed by atoms with Gasteiger partial charge in [-0.05, 0) is 167 Å². The lowest BCUT2D eigenvalue weighted by Gasteiger charge is -2.28. The van der Waals surface area contributed by atoms with Gasteiger partial charge in [0.1, 0.15) is 0 Å². The number of fused-ring (bicyclic) bond motifs is 11. The van der Waals surface area contributed by atoms with Crippen molar-refractivity contribution < 1.29 is 0 Å². The predicted octanol–water partition coefficient (Wildman–Crippen LogP) is 18.3. The van der Waals surface area contributed by atoms with Crippen LogP contribution in [0.2, 0.25) is 0 Å². The SMILES string of the molecule is CC(C)(C)c1ccc2c(c1)C(C)(C)c1cc(C(C)(C)C)cc(-c3cc4c5ccccc5c(-c5cc(C(C)(C)C)cc6c5-c5ccc(C(C)(C)C)cc5C6(C)C)cc4c4ccccc34)c1-2. The number of rotatable bonds is 2. The van der Waals surface area contributed by atoms with Gasteiger partial charge in [0.15, 0.2) is 0 Å². The lowest BCUT2D eigenvalue weighted by Crippen LogP contribution is -2.19. The van der Waals surface area contributed by atoms with Crippen molar-refractivity contribution in [3.05, 3.63) is 166 Å². The van der Waals surface area contributed by atoms with Gasteiger partial charge < -0.3 is 0 Å². The maximum Gasteiger partial charge on any atom is 0.0159 e. The molecule has 0 aromatic heterocycles. The third-order valence-electron chi connectivity index (χ3n) is 15.5. The average Bonchev–Trinajstić information content (AvgIpc) is 3.60. The van der Waals surface area contributed by atoms with E-state index in [1.54, 1.807) is 0 Å². The van der Waals surface area contributed by atoms with Gasteiger partial charge in [0.2, 0.25) is 0 Å². The van der Waals surface area contributed by atoms with Gasteiger partial charge >= 0.3 is 0 Å².